The molecule has 1 aliphatic rings. The minimum atomic E-state index is -5.56. The van der Waals surface area contributed by atoms with Gasteiger partial charge in [-0.3, -0.25) is 20.0 Å². The second-order valence-electron chi connectivity index (χ2n) is 5.54. The Kier molecular flexibility index (Phi) is 6.72. The maximum Gasteiger partial charge on any atom is 0.511 e. The smallest absolute Gasteiger partial charge is 0.489 e. The Morgan fingerprint density at radius 1 is 1.32 bits per heavy atom. The SMILES string of the molecule is O=C(NN1CCCC1=O)c1cc(OCCNS(=O)(=O)C(F)(F)F)c(F)cc1Cl. The number of rotatable bonds is 7. The Morgan fingerprint density at radius 2 is 2.00 bits per heavy atom. The van der Waals surface area contributed by atoms with Crippen molar-refractivity contribution in [3.8, 4) is 5.75 Å². The zero-order valence-electron chi connectivity index (χ0n) is 14.0. The summed E-state index contributed by atoms with van der Waals surface area (Å²) in [5, 5.41) is 0.792. The molecule has 1 heterocycles. The van der Waals surface area contributed by atoms with E-state index in [1.54, 1.807) is 0 Å². The van der Waals surface area contributed by atoms with Gasteiger partial charge in [0.25, 0.3) is 5.91 Å². The highest BCUT2D eigenvalue weighted by atomic mass is 35.5. The van der Waals surface area contributed by atoms with Crippen molar-refractivity contribution in [3.05, 3.63) is 28.5 Å². The molecule has 156 valence electrons. The van der Waals surface area contributed by atoms with E-state index in [9.17, 15) is 35.6 Å². The molecule has 2 amide bonds. The first-order valence-corrected chi connectivity index (χ1v) is 9.57. The Hall–Kier alpha value is -2.12. The molecule has 2 N–H and O–H groups in total. The number of hydrazine groups is 1. The van der Waals surface area contributed by atoms with Crippen LogP contribution in [0.2, 0.25) is 5.02 Å². The molecule has 0 aromatic heterocycles. The van der Waals surface area contributed by atoms with E-state index in [1.807, 2.05) is 0 Å². The molecule has 0 radical (unpaired) electrons. The van der Waals surface area contributed by atoms with Gasteiger partial charge in [-0.25, -0.2) is 17.5 Å². The molecule has 0 spiro atoms. The van der Waals surface area contributed by atoms with Gasteiger partial charge in [-0.05, 0) is 18.6 Å². The summed E-state index contributed by atoms with van der Waals surface area (Å²) in [7, 11) is -5.56. The van der Waals surface area contributed by atoms with Gasteiger partial charge in [0.15, 0.2) is 11.6 Å². The van der Waals surface area contributed by atoms with Gasteiger partial charge in [-0.1, -0.05) is 11.6 Å². The molecule has 0 unspecified atom stereocenters. The fourth-order valence-corrected chi connectivity index (χ4v) is 2.93. The number of hydrogen-bond donors (Lipinski definition) is 2. The molecular formula is C14H14ClF4N3O5S. The lowest BCUT2D eigenvalue weighted by Crippen LogP contribution is -2.42. The highest BCUT2D eigenvalue weighted by Gasteiger charge is 2.45. The zero-order chi connectivity index (χ0) is 21.1. The number of sulfonamides is 1. The van der Waals surface area contributed by atoms with Crippen LogP contribution in [0.4, 0.5) is 17.6 Å². The van der Waals surface area contributed by atoms with Crippen LogP contribution in [-0.2, 0) is 14.8 Å². The molecule has 1 fully saturated rings. The molecular weight excluding hydrogens is 434 g/mol. The molecule has 1 aromatic carbocycles. The van der Waals surface area contributed by atoms with Crippen molar-refractivity contribution in [1.29, 1.82) is 0 Å². The van der Waals surface area contributed by atoms with Crippen molar-refractivity contribution in [1.82, 2.24) is 15.2 Å². The quantitative estimate of drug-likeness (QED) is 0.487. The summed E-state index contributed by atoms with van der Waals surface area (Å²) in [6, 6.07) is 1.64. The van der Waals surface area contributed by atoms with Gasteiger partial charge in [0.2, 0.25) is 5.91 Å². The second-order valence-corrected chi connectivity index (χ2v) is 7.71. The number of alkyl halides is 3. The lowest BCUT2D eigenvalue weighted by molar-refractivity contribution is -0.129. The molecule has 28 heavy (non-hydrogen) atoms. The van der Waals surface area contributed by atoms with Gasteiger partial charge < -0.3 is 4.74 Å². The van der Waals surface area contributed by atoms with Gasteiger partial charge in [-0.15, -0.1) is 0 Å². The Bertz CT molecular complexity index is 878. The molecule has 1 saturated heterocycles. The van der Waals surface area contributed by atoms with Crippen molar-refractivity contribution in [2.24, 2.45) is 0 Å². The number of amides is 2. The van der Waals surface area contributed by atoms with Crippen LogP contribution in [0.5, 0.6) is 5.75 Å². The predicted molar refractivity (Wildman–Crippen MR) is 88.3 cm³/mol. The van der Waals surface area contributed by atoms with E-state index >= 15 is 0 Å². The largest absolute Gasteiger partial charge is 0.511 e. The third kappa shape index (κ3) is 5.23. The number of carbonyl (C=O) groups is 2. The highest BCUT2D eigenvalue weighted by Crippen LogP contribution is 2.26. The third-order valence-corrected chi connectivity index (χ3v) is 5.04. The van der Waals surface area contributed by atoms with Gasteiger partial charge >= 0.3 is 15.5 Å². The van der Waals surface area contributed by atoms with Crippen LogP contribution in [0.15, 0.2) is 12.1 Å². The van der Waals surface area contributed by atoms with Crippen LogP contribution in [0.3, 0.4) is 0 Å². The van der Waals surface area contributed by atoms with Crippen LogP contribution >= 0.6 is 11.6 Å². The Balaban J connectivity index is 2.02. The molecule has 0 atom stereocenters. The van der Waals surface area contributed by atoms with Crippen molar-refractivity contribution >= 4 is 33.4 Å². The van der Waals surface area contributed by atoms with Gasteiger partial charge in [0, 0.05) is 19.5 Å². The van der Waals surface area contributed by atoms with E-state index in [0.717, 1.165) is 17.1 Å². The number of halogens is 5. The summed E-state index contributed by atoms with van der Waals surface area (Å²) in [4.78, 5) is 23.7. The van der Waals surface area contributed by atoms with Crippen molar-refractivity contribution in [2.75, 3.05) is 19.7 Å². The van der Waals surface area contributed by atoms with Crippen LogP contribution in [-0.4, -0.2) is 50.4 Å². The van der Waals surface area contributed by atoms with E-state index in [1.165, 1.54) is 4.72 Å². The van der Waals surface area contributed by atoms with Gasteiger partial charge in [0.1, 0.15) is 6.61 Å². The number of hydrogen-bond acceptors (Lipinski definition) is 5. The second kappa shape index (κ2) is 8.49. The van der Waals surface area contributed by atoms with E-state index in [4.69, 9.17) is 16.3 Å². The summed E-state index contributed by atoms with van der Waals surface area (Å²) in [6.45, 7) is -1.15. The predicted octanol–water partition coefficient (Wildman–Crippen LogP) is 1.56. The molecule has 2 rings (SSSR count). The summed E-state index contributed by atoms with van der Waals surface area (Å²) < 4.78 is 78.3. The minimum Gasteiger partial charge on any atom is -0.489 e. The summed E-state index contributed by atoms with van der Waals surface area (Å²) in [5.74, 6) is -2.67. The lowest BCUT2D eigenvalue weighted by Gasteiger charge is -2.18. The zero-order valence-corrected chi connectivity index (χ0v) is 15.5. The van der Waals surface area contributed by atoms with Gasteiger partial charge in [0.05, 0.1) is 10.6 Å². The first-order chi connectivity index (χ1) is 12.9. The average molecular weight is 448 g/mol. The monoisotopic (exact) mass is 447 g/mol. The Morgan fingerprint density at radius 3 is 2.57 bits per heavy atom. The number of nitrogens with zero attached hydrogens (tertiary/aromatic N) is 1. The van der Waals surface area contributed by atoms with Crippen molar-refractivity contribution in [2.45, 2.75) is 18.3 Å². The van der Waals surface area contributed by atoms with Crippen LogP contribution in [0.1, 0.15) is 23.2 Å². The van der Waals surface area contributed by atoms with E-state index < -0.39 is 46.2 Å². The fraction of sp³-hybridized carbons (Fsp3) is 0.429. The Labute approximate surface area is 161 Å². The molecule has 0 saturated carbocycles. The van der Waals surface area contributed by atoms with Crippen LogP contribution in [0.25, 0.3) is 0 Å². The number of benzene rings is 1. The fourth-order valence-electron chi connectivity index (χ4n) is 2.18. The maximum absolute atomic E-state index is 13.9. The molecule has 1 aliphatic heterocycles. The summed E-state index contributed by atoms with van der Waals surface area (Å²) in [5.41, 5.74) is -3.43. The van der Waals surface area contributed by atoms with Crippen molar-refractivity contribution in [3.63, 3.8) is 0 Å². The number of carbonyl (C=O) groups excluding carboxylic acids is 2. The van der Waals surface area contributed by atoms with E-state index in [-0.39, 0.29) is 22.9 Å². The third-order valence-electron chi connectivity index (χ3n) is 3.53. The standard InChI is InChI=1S/C14H14ClF4N3O5S/c15-9-7-10(16)11(27-5-3-20-28(25,26)14(17,18)19)6-8(9)13(24)21-22-4-1-2-12(22)23/h6-7,20H,1-5H2,(H,21,24). The van der Waals surface area contributed by atoms with Crippen LogP contribution < -0.4 is 14.9 Å². The normalized spacial score (nSPS) is 15.0. The molecule has 0 aliphatic carbocycles. The van der Waals surface area contributed by atoms with Gasteiger partial charge in [-0.2, -0.15) is 13.2 Å². The molecule has 0 bridgehead atoms. The highest BCUT2D eigenvalue weighted by molar-refractivity contribution is 7.90. The van der Waals surface area contributed by atoms with Crippen LogP contribution in [0, 0.1) is 5.82 Å². The molecule has 1 aromatic rings. The van der Waals surface area contributed by atoms with Crippen molar-refractivity contribution < 1.29 is 40.3 Å². The first kappa shape index (κ1) is 22.2. The molecule has 8 nitrogen and oxygen atoms in total. The number of nitrogens with one attached hydrogen (secondary N) is 2. The topological polar surface area (TPSA) is 105 Å². The minimum absolute atomic E-state index is 0.242. The first-order valence-electron chi connectivity index (χ1n) is 7.71. The lowest BCUT2D eigenvalue weighted by atomic mass is 10.2. The maximum atomic E-state index is 13.9. The van der Waals surface area contributed by atoms with E-state index in [0.29, 0.717) is 13.0 Å². The average Bonchev–Trinajstić information content (AvgIpc) is 2.96. The molecule has 14 heteroatoms. The van der Waals surface area contributed by atoms with E-state index in [2.05, 4.69) is 5.43 Å². The summed E-state index contributed by atoms with van der Waals surface area (Å²) in [6.07, 6.45) is 0.818. The number of ether oxygens (including phenoxy) is 1. The summed E-state index contributed by atoms with van der Waals surface area (Å²) >= 11 is 5.81.